The molecule has 1 aliphatic carbocycles. The predicted molar refractivity (Wildman–Crippen MR) is 117 cm³/mol. The van der Waals surface area contributed by atoms with Gasteiger partial charge >= 0.3 is 0 Å². The van der Waals surface area contributed by atoms with Crippen molar-refractivity contribution in [1.29, 1.82) is 0 Å². The summed E-state index contributed by atoms with van der Waals surface area (Å²) in [6, 6.07) is 12.1. The molecule has 1 atom stereocenters. The van der Waals surface area contributed by atoms with Crippen molar-refractivity contribution in [2.45, 2.75) is 50.7 Å². The van der Waals surface area contributed by atoms with E-state index in [-0.39, 0.29) is 30.2 Å². The van der Waals surface area contributed by atoms with Crippen LogP contribution in [0.2, 0.25) is 0 Å². The minimum Gasteiger partial charge on any atom is -0.467 e. The van der Waals surface area contributed by atoms with Crippen LogP contribution in [-0.4, -0.2) is 22.8 Å². The fraction of sp³-hybridized carbons (Fsp3) is 0.333. The Labute approximate surface area is 184 Å². The molecule has 1 unspecified atom stereocenters. The van der Waals surface area contributed by atoms with E-state index in [1.54, 1.807) is 36.4 Å². The third-order valence-electron chi connectivity index (χ3n) is 5.58. The molecular weight excluding hydrogens is 415 g/mol. The highest BCUT2D eigenvalue weighted by atomic mass is 32.1. The van der Waals surface area contributed by atoms with Crippen LogP contribution in [0, 0.1) is 5.82 Å². The summed E-state index contributed by atoms with van der Waals surface area (Å²) in [6.07, 6.45) is 6.73. The Kier molecular flexibility index (Phi) is 6.82. The lowest BCUT2D eigenvalue weighted by atomic mass is 9.95. The number of amides is 2. The van der Waals surface area contributed by atoms with E-state index in [0.29, 0.717) is 10.6 Å². The third kappa shape index (κ3) is 5.22. The number of halogens is 1. The van der Waals surface area contributed by atoms with E-state index in [4.69, 9.17) is 4.42 Å². The highest BCUT2D eigenvalue weighted by molar-refractivity contribution is 7.12. The number of furan rings is 1. The predicted octanol–water partition coefficient (Wildman–Crippen LogP) is 5.31. The average molecular weight is 441 g/mol. The topological polar surface area (TPSA) is 62.6 Å². The molecule has 7 heteroatoms. The molecule has 3 aromatic rings. The van der Waals surface area contributed by atoms with Gasteiger partial charge in [0, 0.05) is 12.6 Å². The van der Waals surface area contributed by atoms with Crippen LogP contribution in [0.1, 0.15) is 59.1 Å². The second kappa shape index (κ2) is 9.92. The van der Waals surface area contributed by atoms with Gasteiger partial charge in [-0.1, -0.05) is 37.5 Å². The Balaban J connectivity index is 1.67. The number of hydrogen-bond donors (Lipinski definition) is 1. The largest absolute Gasteiger partial charge is 0.467 e. The molecule has 2 heterocycles. The fourth-order valence-corrected chi connectivity index (χ4v) is 4.69. The van der Waals surface area contributed by atoms with Crippen molar-refractivity contribution < 1.29 is 18.4 Å². The Morgan fingerprint density at radius 3 is 2.52 bits per heavy atom. The number of nitrogens with one attached hydrogen (secondary N) is 1. The number of carbonyl (C=O) groups is 2. The Morgan fingerprint density at radius 1 is 1.10 bits per heavy atom. The highest BCUT2D eigenvalue weighted by Crippen LogP contribution is 2.28. The van der Waals surface area contributed by atoms with Crippen molar-refractivity contribution in [2.24, 2.45) is 0 Å². The standard InChI is InChI=1S/C24H25FN2O3S/c25-18-12-10-17(11-13-18)16-27(24(29)21-9-5-15-31-21)22(20-8-4-14-30-20)23(28)26-19-6-2-1-3-7-19/h4-5,8-15,19,22H,1-3,6-7,16H2,(H,26,28). The van der Waals surface area contributed by atoms with E-state index in [2.05, 4.69) is 5.32 Å². The Hall–Kier alpha value is -2.93. The zero-order valence-corrected chi connectivity index (χ0v) is 17.9. The monoisotopic (exact) mass is 440 g/mol. The van der Waals surface area contributed by atoms with Crippen molar-refractivity contribution >= 4 is 23.2 Å². The van der Waals surface area contributed by atoms with Crippen LogP contribution in [0.15, 0.2) is 64.6 Å². The molecule has 1 aromatic carbocycles. The molecule has 0 spiro atoms. The minimum atomic E-state index is -0.920. The minimum absolute atomic E-state index is 0.100. The normalized spacial score (nSPS) is 15.4. The van der Waals surface area contributed by atoms with Crippen molar-refractivity contribution in [3.05, 3.63) is 82.2 Å². The summed E-state index contributed by atoms with van der Waals surface area (Å²) in [5.74, 6) is -0.466. The number of rotatable bonds is 7. The van der Waals surface area contributed by atoms with Gasteiger partial charge in [0.2, 0.25) is 0 Å². The molecule has 1 N–H and O–H groups in total. The van der Waals surface area contributed by atoms with Crippen LogP contribution < -0.4 is 5.32 Å². The highest BCUT2D eigenvalue weighted by Gasteiger charge is 2.35. The van der Waals surface area contributed by atoms with Gasteiger partial charge in [0.15, 0.2) is 6.04 Å². The molecule has 0 aliphatic heterocycles. The molecule has 2 amide bonds. The Morgan fingerprint density at radius 2 is 1.87 bits per heavy atom. The van der Waals surface area contributed by atoms with Crippen LogP contribution in [0.4, 0.5) is 4.39 Å². The maximum absolute atomic E-state index is 13.5. The van der Waals surface area contributed by atoms with E-state index in [0.717, 1.165) is 31.2 Å². The molecule has 0 radical (unpaired) electrons. The molecular formula is C24H25FN2O3S. The van der Waals surface area contributed by atoms with Gasteiger partial charge in [0.05, 0.1) is 11.1 Å². The first kappa shape index (κ1) is 21.3. The number of carbonyl (C=O) groups excluding carboxylic acids is 2. The molecule has 1 fully saturated rings. The number of hydrogen-bond acceptors (Lipinski definition) is 4. The summed E-state index contributed by atoms with van der Waals surface area (Å²) in [6.45, 7) is 0.153. The number of thiophene rings is 1. The van der Waals surface area contributed by atoms with Crippen LogP contribution in [0.3, 0.4) is 0 Å². The Bertz CT molecular complexity index is 981. The maximum Gasteiger partial charge on any atom is 0.265 e. The SMILES string of the molecule is O=C(NC1CCCCC1)C(c1ccco1)N(Cc1ccc(F)cc1)C(=O)c1cccs1. The zero-order chi connectivity index (χ0) is 21.6. The summed E-state index contributed by atoms with van der Waals surface area (Å²) in [4.78, 5) is 28.9. The van der Waals surface area contributed by atoms with Crippen molar-refractivity contribution in [3.8, 4) is 0 Å². The summed E-state index contributed by atoms with van der Waals surface area (Å²) < 4.78 is 19.0. The van der Waals surface area contributed by atoms with Crippen molar-refractivity contribution in [3.63, 3.8) is 0 Å². The van der Waals surface area contributed by atoms with E-state index < -0.39 is 6.04 Å². The number of nitrogens with zero attached hydrogens (tertiary/aromatic N) is 1. The summed E-state index contributed by atoms with van der Waals surface area (Å²) >= 11 is 1.32. The molecule has 0 saturated heterocycles. The second-order valence-corrected chi connectivity index (χ2v) is 8.75. The molecule has 1 saturated carbocycles. The molecule has 5 nitrogen and oxygen atoms in total. The quantitative estimate of drug-likeness (QED) is 0.541. The van der Waals surface area contributed by atoms with Gasteiger partial charge in [-0.2, -0.15) is 0 Å². The second-order valence-electron chi connectivity index (χ2n) is 7.80. The van der Waals surface area contributed by atoms with Gasteiger partial charge in [-0.25, -0.2) is 4.39 Å². The molecule has 2 aromatic heterocycles. The molecule has 31 heavy (non-hydrogen) atoms. The number of benzene rings is 1. The maximum atomic E-state index is 13.5. The summed E-state index contributed by atoms with van der Waals surface area (Å²) in [5, 5.41) is 4.96. The van der Waals surface area contributed by atoms with E-state index >= 15 is 0 Å². The smallest absolute Gasteiger partial charge is 0.265 e. The molecule has 1 aliphatic rings. The van der Waals surface area contributed by atoms with E-state index in [9.17, 15) is 14.0 Å². The molecule has 0 bridgehead atoms. The van der Waals surface area contributed by atoms with E-state index in [1.807, 2.05) is 5.38 Å². The third-order valence-corrected chi connectivity index (χ3v) is 6.44. The first-order valence-electron chi connectivity index (χ1n) is 10.5. The zero-order valence-electron chi connectivity index (χ0n) is 17.1. The van der Waals surface area contributed by atoms with Crippen molar-refractivity contribution in [1.82, 2.24) is 10.2 Å². The van der Waals surface area contributed by atoms with Gasteiger partial charge in [0.1, 0.15) is 11.6 Å². The molecule has 4 rings (SSSR count). The van der Waals surface area contributed by atoms with Crippen LogP contribution in [0.25, 0.3) is 0 Å². The molecule has 162 valence electrons. The summed E-state index contributed by atoms with van der Waals surface area (Å²) in [7, 11) is 0. The van der Waals surface area contributed by atoms with Crippen LogP contribution in [-0.2, 0) is 11.3 Å². The van der Waals surface area contributed by atoms with Gasteiger partial charge < -0.3 is 14.6 Å². The lowest BCUT2D eigenvalue weighted by Gasteiger charge is -2.32. The lowest BCUT2D eigenvalue weighted by molar-refractivity contribution is -0.127. The lowest BCUT2D eigenvalue weighted by Crippen LogP contribution is -2.46. The van der Waals surface area contributed by atoms with E-state index in [1.165, 1.54) is 41.1 Å². The fourth-order valence-electron chi connectivity index (χ4n) is 4.01. The van der Waals surface area contributed by atoms with Gasteiger partial charge in [-0.05, 0) is 54.1 Å². The van der Waals surface area contributed by atoms with Crippen molar-refractivity contribution in [2.75, 3.05) is 0 Å². The van der Waals surface area contributed by atoms with Gasteiger partial charge in [0.25, 0.3) is 11.8 Å². The van der Waals surface area contributed by atoms with Gasteiger partial charge in [-0.3, -0.25) is 9.59 Å². The van der Waals surface area contributed by atoms with Crippen LogP contribution >= 0.6 is 11.3 Å². The first-order valence-corrected chi connectivity index (χ1v) is 11.4. The van der Waals surface area contributed by atoms with Gasteiger partial charge in [-0.15, -0.1) is 11.3 Å². The first-order chi connectivity index (χ1) is 15.1. The van der Waals surface area contributed by atoms with Crippen LogP contribution in [0.5, 0.6) is 0 Å². The summed E-state index contributed by atoms with van der Waals surface area (Å²) in [5.41, 5.74) is 0.730. The average Bonchev–Trinajstić information content (AvgIpc) is 3.50.